The van der Waals surface area contributed by atoms with Crippen LogP contribution in [-0.4, -0.2) is 25.9 Å². The maximum absolute atomic E-state index is 12.2. The number of thiocarbonyl (C=S) groups is 1. The van der Waals surface area contributed by atoms with Crippen molar-refractivity contribution in [2.45, 2.75) is 6.61 Å². The molecule has 0 spiro atoms. The number of ether oxygens (including phenoxy) is 3. The largest absolute Gasteiger partial charge is 0.497 e. The molecule has 0 saturated carbocycles. The Balaban J connectivity index is 2.09. The molecule has 134 valence electrons. The van der Waals surface area contributed by atoms with Gasteiger partial charge in [0.05, 0.1) is 24.9 Å². The molecule has 2 rings (SSSR count). The van der Waals surface area contributed by atoms with Gasteiger partial charge in [0, 0.05) is 11.8 Å². The van der Waals surface area contributed by atoms with E-state index in [1.54, 1.807) is 25.3 Å². The van der Waals surface area contributed by atoms with Crippen molar-refractivity contribution >= 4 is 40.3 Å². The molecule has 2 N–H and O–H groups in total. The first kappa shape index (κ1) is 19.0. The summed E-state index contributed by atoms with van der Waals surface area (Å²) in [6, 6.07) is 9.47. The molecule has 0 bridgehead atoms. The van der Waals surface area contributed by atoms with Crippen LogP contribution in [0.3, 0.4) is 0 Å². The van der Waals surface area contributed by atoms with E-state index in [-0.39, 0.29) is 15.9 Å². The lowest BCUT2D eigenvalue weighted by Crippen LogP contribution is -2.19. The van der Waals surface area contributed by atoms with Gasteiger partial charge in [-0.25, -0.2) is 0 Å². The lowest BCUT2D eigenvalue weighted by molar-refractivity contribution is -0.0497. The highest BCUT2D eigenvalue weighted by Gasteiger charge is 2.11. The Morgan fingerprint density at radius 1 is 1.04 bits per heavy atom. The van der Waals surface area contributed by atoms with E-state index in [4.69, 9.17) is 33.3 Å². The summed E-state index contributed by atoms with van der Waals surface area (Å²) >= 11 is 11.1. The molecule has 5 nitrogen and oxygen atoms in total. The maximum atomic E-state index is 12.2. The Kier molecular flexibility index (Phi) is 6.60. The second-order valence-electron chi connectivity index (χ2n) is 4.67. The van der Waals surface area contributed by atoms with Crippen molar-refractivity contribution < 1.29 is 23.0 Å². The van der Waals surface area contributed by atoms with Gasteiger partial charge in [0.2, 0.25) is 0 Å². The third kappa shape index (κ3) is 5.33. The van der Waals surface area contributed by atoms with Gasteiger partial charge >= 0.3 is 6.61 Å². The molecule has 25 heavy (non-hydrogen) atoms. The predicted molar refractivity (Wildman–Crippen MR) is 97.5 cm³/mol. The van der Waals surface area contributed by atoms with Gasteiger partial charge in [-0.1, -0.05) is 11.6 Å². The van der Waals surface area contributed by atoms with Crippen molar-refractivity contribution in [1.82, 2.24) is 0 Å². The topological polar surface area (TPSA) is 51.8 Å². The van der Waals surface area contributed by atoms with E-state index in [9.17, 15) is 8.78 Å². The number of halogens is 3. The van der Waals surface area contributed by atoms with Crippen LogP contribution in [0.2, 0.25) is 5.02 Å². The molecule has 0 atom stereocenters. The lowest BCUT2D eigenvalue weighted by Gasteiger charge is -2.15. The van der Waals surface area contributed by atoms with Gasteiger partial charge in [0.25, 0.3) is 0 Å². The molecule has 0 aliphatic rings. The average molecular weight is 389 g/mol. The fourth-order valence-electron chi connectivity index (χ4n) is 1.97. The minimum absolute atomic E-state index is 0.0343. The number of benzene rings is 2. The number of nitrogens with one attached hydrogen (secondary N) is 2. The summed E-state index contributed by atoms with van der Waals surface area (Å²) < 4.78 is 39.2. The molecule has 0 fully saturated rings. The highest BCUT2D eigenvalue weighted by Crippen LogP contribution is 2.30. The van der Waals surface area contributed by atoms with Gasteiger partial charge in [0.15, 0.2) is 5.11 Å². The summed E-state index contributed by atoms with van der Waals surface area (Å²) in [5.74, 6) is 1.09. The number of anilines is 2. The van der Waals surface area contributed by atoms with E-state index < -0.39 is 6.61 Å². The highest BCUT2D eigenvalue weighted by molar-refractivity contribution is 7.80. The zero-order chi connectivity index (χ0) is 18.4. The van der Waals surface area contributed by atoms with Crippen LogP contribution in [0.5, 0.6) is 17.2 Å². The van der Waals surface area contributed by atoms with Crippen LogP contribution in [-0.2, 0) is 0 Å². The molecule has 0 aromatic heterocycles. The van der Waals surface area contributed by atoms with Crippen LogP contribution >= 0.6 is 23.8 Å². The van der Waals surface area contributed by atoms with Gasteiger partial charge < -0.3 is 24.8 Å². The Labute approximate surface area is 153 Å². The van der Waals surface area contributed by atoms with Crippen molar-refractivity contribution in [1.29, 1.82) is 0 Å². The zero-order valence-corrected chi connectivity index (χ0v) is 14.9. The van der Waals surface area contributed by atoms with E-state index in [1.807, 2.05) is 0 Å². The van der Waals surface area contributed by atoms with E-state index in [2.05, 4.69) is 15.4 Å². The number of hydrogen-bond acceptors (Lipinski definition) is 4. The summed E-state index contributed by atoms with van der Waals surface area (Å²) in [5, 5.41) is 6.16. The van der Waals surface area contributed by atoms with E-state index in [0.717, 1.165) is 0 Å². The van der Waals surface area contributed by atoms with Crippen LogP contribution in [0.15, 0.2) is 36.4 Å². The first-order valence-corrected chi connectivity index (χ1v) is 7.76. The minimum Gasteiger partial charge on any atom is -0.497 e. The molecule has 0 heterocycles. The molecule has 0 radical (unpaired) electrons. The van der Waals surface area contributed by atoms with Crippen molar-refractivity contribution in [3.05, 3.63) is 41.4 Å². The number of hydrogen-bond donors (Lipinski definition) is 2. The van der Waals surface area contributed by atoms with Gasteiger partial charge in [-0.15, -0.1) is 0 Å². The maximum Gasteiger partial charge on any atom is 0.387 e. The average Bonchev–Trinajstić information content (AvgIpc) is 2.56. The van der Waals surface area contributed by atoms with Crippen molar-refractivity contribution in [3.8, 4) is 17.2 Å². The van der Waals surface area contributed by atoms with Gasteiger partial charge in [-0.3, -0.25) is 0 Å². The molecule has 0 aliphatic carbocycles. The monoisotopic (exact) mass is 388 g/mol. The second-order valence-corrected chi connectivity index (χ2v) is 5.48. The number of alkyl halides is 2. The third-order valence-corrected chi connectivity index (χ3v) is 3.56. The standard InChI is InChI=1S/C16H15ClF2N2O3S/c1-22-10-4-6-14(23-2)12(8-10)21-16(25)20-9-3-5-13(11(17)7-9)24-15(18)19/h3-8,15H,1-2H3,(H2,20,21,25). The van der Waals surface area contributed by atoms with Crippen LogP contribution in [0.4, 0.5) is 20.2 Å². The lowest BCUT2D eigenvalue weighted by atomic mass is 10.2. The van der Waals surface area contributed by atoms with Gasteiger partial charge in [-0.05, 0) is 42.5 Å². The summed E-state index contributed by atoms with van der Waals surface area (Å²) in [6.45, 7) is -2.94. The Hall–Kier alpha value is -2.32. The first-order chi connectivity index (χ1) is 11.9. The van der Waals surface area contributed by atoms with Crippen LogP contribution < -0.4 is 24.8 Å². The molecule has 9 heteroatoms. The summed E-state index contributed by atoms with van der Waals surface area (Å²) in [7, 11) is 3.08. The first-order valence-electron chi connectivity index (χ1n) is 6.97. The molecule has 2 aromatic rings. The van der Waals surface area contributed by atoms with Crippen LogP contribution in [0.1, 0.15) is 0 Å². The molecule has 0 amide bonds. The van der Waals surface area contributed by atoms with Gasteiger partial charge in [-0.2, -0.15) is 8.78 Å². The Morgan fingerprint density at radius 3 is 2.36 bits per heavy atom. The molecular formula is C16H15ClF2N2O3S. The SMILES string of the molecule is COc1ccc(OC)c(NC(=S)Nc2ccc(OC(F)F)c(Cl)c2)c1. The zero-order valence-electron chi connectivity index (χ0n) is 13.3. The fraction of sp³-hybridized carbons (Fsp3) is 0.188. The van der Waals surface area contributed by atoms with Gasteiger partial charge in [0.1, 0.15) is 17.2 Å². The third-order valence-electron chi connectivity index (χ3n) is 3.06. The van der Waals surface area contributed by atoms with Crippen LogP contribution in [0.25, 0.3) is 0 Å². The highest BCUT2D eigenvalue weighted by atomic mass is 35.5. The van der Waals surface area contributed by atoms with E-state index in [0.29, 0.717) is 22.9 Å². The van der Waals surface area contributed by atoms with Crippen molar-refractivity contribution in [2.24, 2.45) is 0 Å². The molecule has 2 aromatic carbocycles. The van der Waals surface area contributed by atoms with E-state index in [1.165, 1.54) is 25.3 Å². The van der Waals surface area contributed by atoms with Crippen molar-refractivity contribution in [3.63, 3.8) is 0 Å². The number of rotatable bonds is 6. The second kappa shape index (κ2) is 8.68. The molecule has 0 saturated heterocycles. The molecule has 0 unspecified atom stereocenters. The fourth-order valence-corrected chi connectivity index (χ4v) is 2.42. The Morgan fingerprint density at radius 2 is 1.76 bits per heavy atom. The minimum atomic E-state index is -2.94. The van der Waals surface area contributed by atoms with Crippen LogP contribution in [0, 0.1) is 0 Å². The molecule has 0 aliphatic heterocycles. The normalized spacial score (nSPS) is 10.3. The quantitative estimate of drug-likeness (QED) is 0.695. The Bertz CT molecular complexity index is 762. The summed E-state index contributed by atoms with van der Waals surface area (Å²) in [5.41, 5.74) is 1.11. The summed E-state index contributed by atoms with van der Waals surface area (Å²) in [6.07, 6.45) is 0. The number of methoxy groups -OCH3 is 2. The smallest absolute Gasteiger partial charge is 0.387 e. The molecular weight excluding hydrogens is 374 g/mol. The van der Waals surface area contributed by atoms with E-state index >= 15 is 0 Å². The predicted octanol–water partition coefficient (Wildman–Crippen LogP) is 4.77. The van der Waals surface area contributed by atoms with Crippen molar-refractivity contribution in [2.75, 3.05) is 24.9 Å². The summed E-state index contributed by atoms with van der Waals surface area (Å²) in [4.78, 5) is 0.